The molecule has 0 fully saturated rings. The van der Waals surface area contributed by atoms with Crippen LogP contribution in [0.3, 0.4) is 0 Å². The molecule has 0 N–H and O–H groups in total. The summed E-state index contributed by atoms with van der Waals surface area (Å²) < 4.78 is 113. The molecule has 14 heteroatoms. The van der Waals surface area contributed by atoms with Gasteiger partial charge in [-0.3, -0.25) is 9.59 Å². The first-order valence-electron chi connectivity index (χ1n) is 11.9. The van der Waals surface area contributed by atoms with Crippen molar-refractivity contribution in [1.82, 2.24) is 0 Å². The molecule has 41 heavy (non-hydrogen) atoms. The summed E-state index contributed by atoms with van der Waals surface area (Å²) in [5.74, 6) is -1.75. The van der Waals surface area contributed by atoms with Gasteiger partial charge in [0.15, 0.2) is 9.84 Å². The Labute approximate surface area is 246 Å². The predicted molar refractivity (Wildman–Crippen MR) is 149 cm³/mol. The highest BCUT2D eigenvalue weighted by Gasteiger charge is 2.73. The highest BCUT2D eigenvalue weighted by molar-refractivity contribution is 14.1. The van der Waals surface area contributed by atoms with E-state index in [0.717, 1.165) is 19.2 Å². The average molecular weight is 717 g/mol. The number of imide groups is 1. The number of sulfone groups is 1. The minimum absolute atomic E-state index is 0.0779. The molecule has 0 aliphatic carbocycles. The third kappa shape index (κ3) is 5.54. The lowest BCUT2D eigenvalue weighted by Crippen LogP contribution is -2.56. The third-order valence-electron chi connectivity index (χ3n) is 6.73. The fraction of sp³-hybridized carbons (Fsp3) is 0.407. The van der Waals surface area contributed by atoms with Crippen LogP contribution >= 0.6 is 22.6 Å². The maximum absolute atomic E-state index is 14.1. The van der Waals surface area contributed by atoms with Gasteiger partial charge in [-0.1, -0.05) is 72.9 Å². The predicted octanol–water partition coefficient (Wildman–Crippen LogP) is 6.79. The number of aryl methyl sites for hydroxylation is 1. The molecule has 0 saturated heterocycles. The van der Waals surface area contributed by atoms with Gasteiger partial charge >= 0.3 is 12.4 Å². The largest absolute Gasteiger partial charge is 0.430 e. The van der Waals surface area contributed by atoms with Crippen molar-refractivity contribution in [3.8, 4) is 0 Å². The number of carbonyl (C=O) groups excluding carboxylic acids is 2. The van der Waals surface area contributed by atoms with Gasteiger partial charge < -0.3 is 4.74 Å². The fourth-order valence-corrected chi connectivity index (χ4v) is 6.32. The van der Waals surface area contributed by atoms with Crippen LogP contribution in [0.25, 0.3) is 0 Å². The molecule has 0 aromatic heterocycles. The lowest BCUT2D eigenvalue weighted by Gasteiger charge is -2.38. The summed E-state index contributed by atoms with van der Waals surface area (Å²) in [7, 11) is -3.61. The standard InChI is InChI=1S/C27H26F6INO5S/c1-14(2)13-40-25(26(28,29)30,27(31,32)33)16-10-11-19(15(3)12-16)35-21(36)17-8-7-9-18(20(17)22(35)37)24(4,5)23(34)41(6,38)39/h7-12,23H,1,13H2,2-6H3. The summed E-state index contributed by atoms with van der Waals surface area (Å²) in [5, 5.41) is 0. The van der Waals surface area contributed by atoms with Crippen molar-refractivity contribution >= 4 is 49.9 Å². The zero-order valence-corrected chi connectivity index (χ0v) is 25.5. The van der Waals surface area contributed by atoms with E-state index in [2.05, 4.69) is 11.3 Å². The Balaban J connectivity index is 2.18. The van der Waals surface area contributed by atoms with Crippen LogP contribution in [0.1, 0.15) is 58.2 Å². The van der Waals surface area contributed by atoms with Crippen molar-refractivity contribution in [2.45, 2.75) is 54.3 Å². The van der Waals surface area contributed by atoms with Gasteiger partial charge in [-0.15, -0.1) is 0 Å². The van der Waals surface area contributed by atoms with Crippen LogP contribution in [-0.2, 0) is 25.6 Å². The molecule has 0 spiro atoms. The Bertz CT molecular complexity index is 1520. The second-order valence-corrected chi connectivity index (χ2v) is 14.7. The number of hydrogen-bond acceptors (Lipinski definition) is 5. The molecule has 1 heterocycles. The van der Waals surface area contributed by atoms with E-state index in [1.807, 2.05) is 0 Å². The van der Waals surface area contributed by atoms with Crippen LogP contribution in [0.5, 0.6) is 0 Å². The number of benzene rings is 2. The second kappa shape index (κ2) is 10.7. The Morgan fingerprint density at radius 3 is 2.05 bits per heavy atom. The van der Waals surface area contributed by atoms with Gasteiger partial charge in [0, 0.05) is 17.2 Å². The van der Waals surface area contributed by atoms with Crippen molar-refractivity contribution in [3.63, 3.8) is 0 Å². The lowest BCUT2D eigenvalue weighted by molar-refractivity contribution is -0.387. The molecule has 6 nitrogen and oxygen atoms in total. The number of fused-ring (bicyclic) bond motifs is 1. The van der Waals surface area contributed by atoms with Crippen LogP contribution in [-0.4, -0.2) is 48.7 Å². The van der Waals surface area contributed by atoms with Gasteiger partial charge in [0.05, 0.1) is 23.4 Å². The third-order valence-corrected chi connectivity index (χ3v) is 12.4. The molecular formula is C27H26F6INO5S. The molecule has 2 aromatic carbocycles. The summed E-state index contributed by atoms with van der Waals surface area (Å²) >= 11 is 1.73. The van der Waals surface area contributed by atoms with E-state index in [-0.39, 0.29) is 33.5 Å². The van der Waals surface area contributed by atoms with Crippen LogP contribution in [0.2, 0.25) is 0 Å². The molecule has 0 radical (unpaired) electrons. The van der Waals surface area contributed by atoms with E-state index >= 15 is 0 Å². The summed E-state index contributed by atoms with van der Waals surface area (Å²) in [4.78, 5) is 27.7. The van der Waals surface area contributed by atoms with Crippen molar-refractivity contribution < 1.29 is 49.1 Å². The molecule has 2 amide bonds. The van der Waals surface area contributed by atoms with Crippen molar-refractivity contribution in [1.29, 1.82) is 0 Å². The Hall–Kier alpha value is -2.46. The first kappa shape index (κ1) is 33.0. The summed E-state index contributed by atoms with van der Waals surface area (Å²) in [6, 6.07) is 6.22. The normalized spacial score (nSPS) is 15.8. The van der Waals surface area contributed by atoms with Gasteiger partial charge in [0.2, 0.25) is 0 Å². The van der Waals surface area contributed by atoms with Crippen LogP contribution in [0.4, 0.5) is 32.0 Å². The second-order valence-electron chi connectivity index (χ2n) is 10.5. The number of ether oxygens (including phenoxy) is 1. The number of anilines is 1. The molecular weight excluding hydrogens is 691 g/mol. The zero-order chi connectivity index (χ0) is 31.5. The van der Waals surface area contributed by atoms with Crippen molar-refractivity contribution in [3.05, 3.63) is 76.4 Å². The summed E-state index contributed by atoms with van der Waals surface area (Å²) in [5.41, 5.74) is -7.64. The molecule has 1 aliphatic rings. The van der Waals surface area contributed by atoms with E-state index in [0.29, 0.717) is 17.0 Å². The van der Waals surface area contributed by atoms with Gasteiger partial charge in [-0.25, -0.2) is 13.3 Å². The quantitative estimate of drug-likeness (QED) is 0.0989. The van der Waals surface area contributed by atoms with Crippen LogP contribution < -0.4 is 4.90 Å². The number of alkyl halides is 7. The average Bonchev–Trinajstić information content (AvgIpc) is 3.06. The maximum Gasteiger partial charge on any atom is 0.430 e. The molecule has 1 unspecified atom stereocenters. The molecule has 1 atom stereocenters. The van der Waals surface area contributed by atoms with Crippen molar-refractivity contribution in [2.24, 2.45) is 0 Å². The first-order valence-corrected chi connectivity index (χ1v) is 15.1. The van der Waals surface area contributed by atoms with Gasteiger partial charge in [-0.05, 0) is 37.1 Å². The minimum Gasteiger partial charge on any atom is -0.349 e. The zero-order valence-electron chi connectivity index (χ0n) is 22.5. The summed E-state index contributed by atoms with van der Waals surface area (Å²) in [6.45, 7) is 7.81. The van der Waals surface area contributed by atoms with E-state index in [1.165, 1.54) is 25.1 Å². The molecule has 2 aromatic rings. The Morgan fingerprint density at radius 2 is 1.59 bits per heavy atom. The number of halogens is 7. The van der Waals surface area contributed by atoms with E-state index in [9.17, 15) is 44.3 Å². The van der Waals surface area contributed by atoms with Gasteiger partial charge in [0.1, 0.15) is 3.26 Å². The number of hydrogen-bond donors (Lipinski definition) is 0. The highest BCUT2D eigenvalue weighted by Crippen LogP contribution is 2.54. The molecule has 0 bridgehead atoms. The lowest BCUT2D eigenvalue weighted by atomic mass is 9.82. The van der Waals surface area contributed by atoms with Crippen LogP contribution in [0.15, 0.2) is 48.6 Å². The van der Waals surface area contributed by atoms with E-state index in [1.54, 1.807) is 36.4 Å². The van der Waals surface area contributed by atoms with Crippen molar-refractivity contribution in [2.75, 3.05) is 17.8 Å². The number of carbonyl (C=O) groups is 2. The Morgan fingerprint density at radius 1 is 1.02 bits per heavy atom. The molecule has 224 valence electrons. The van der Waals surface area contributed by atoms with E-state index < -0.39 is 60.4 Å². The molecule has 0 saturated carbocycles. The monoisotopic (exact) mass is 717 g/mol. The minimum atomic E-state index is -5.93. The maximum atomic E-state index is 14.1. The summed E-state index contributed by atoms with van der Waals surface area (Å²) in [6.07, 6.45) is -10.8. The topological polar surface area (TPSA) is 80.8 Å². The smallest absolute Gasteiger partial charge is 0.349 e. The fourth-order valence-electron chi connectivity index (χ4n) is 4.79. The van der Waals surface area contributed by atoms with E-state index in [4.69, 9.17) is 0 Å². The Kier molecular flexibility index (Phi) is 8.60. The number of rotatable bonds is 8. The molecule has 1 aliphatic heterocycles. The first-order chi connectivity index (χ1) is 18.5. The number of nitrogens with zero attached hydrogens (tertiary/aromatic N) is 1. The van der Waals surface area contributed by atoms with Crippen LogP contribution in [0, 0.1) is 6.92 Å². The van der Waals surface area contributed by atoms with Gasteiger partial charge in [-0.2, -0.15) is 26.3 Å². The molecule has 3 rings (SSSR count). The van der Waals surface area contributed by atoms with Gasteiger partial charge in [0.25, 0.3) is 17.4 Å². The SMILES string of the molecule is C=C(C)COC(c1ccc(N2C(=O)c3cccc(C(C)(C)C(I)S(C)(=O)=O)c3C2=O)c(C)c1)(C(F)(F)F)C(F)(F)F. The highest BCUT2D eigenvalue weighted by atomic mass is 127. The number of amides is 2.